The van der Waals surface area contributed by atoms with Crippen molar-refractivity contribution in [3.05, 3.63) is 16.6 Å². The highest BCUT2D eigenvalue weighted by atomic mass is 32.2. The van der Waals surface area contributed by atoms with E-state index >= 15 is 0 Å². The predicted molar refractivity (Wildman–Crippen MR) is 73.6 cm³/mol. The Kier molecular flexibility index (Phi) is 4.73. The fourth-order valence-electron chi connectivity index (χ4n) is 1.80. The van der Waals surface area contributed by atoms with Crippen LogP contribution in [-0.4, -0.2) is 32.8 Å². The Morgan fingerprint density at radius 3 is 3.00 bits per heavy atom. The minimum Gasteiger partial charge on any atom is -0.298 e. The summed E-state index contributed by atoms with van der Waals surface area (Å²) in [4.78, 5) is 17.3. The average molecular weight is 273 g/mol. The molecule has 16 heavy (non-hydrogen) atoms. The summed E-state index contributed by atoms with van der Waals surface area (Å²) in [5.74, 6) is 2.68. The topological polar surface area (TPSA) is 30.0 Å². The lowest BCUT2D eigenvalue weighted by atomic mass is 10.1. The Hall–Kier alpha value is -0.0000000000000000833. The van der Waals surface area contributed by atoms with Gasteiger partial charge in [0.05, 0.1) is 10.8 Å². The molecule has 2 rings (SSSR count). The van der Waals surface area contributed by atoms with Gasteiger partial charge < -0.3 is 0 Å². The summed E-state index contributed by atoms with van der Waals surface area (Å²) in [6.07, 6.45) is 3.47. The van der Waals surface area contributed by atoms with E-state index in [2.05, 4.69) is 11.9 Å². The smallest absolute Gasteiger partial charge is 0.152 e. The fraction of sp³-hybridized carbons (Fsp3) is 0.636. The second kappa shape index (κ2) is 6.07. The van der Waals surface area contributed by atoms with Crippen LogP contribution in [0.15, 0.2) is 11.7 Å². The van der Waals surface area contributed by atoms with Gasteiger partial charge in [0.2, 0.25) is 0 Å². The number of Topliss-reactive ketones (excluding diaryl/α,β-unsaturated/α-hetero) is 1. The largest absolute Gasteiger partial charge is 0.298 e. The van der Waals surface area contributed by atoms with Gasteiger partial charge in [0.25, 0.3) is 0 Å². The van der Waals surface area contributed by atoms with E-state index < -0.39 is 0 Å². The normalized spacial score (nSPS) is 25.6. The van der Waals surface area contributed by atoms with Gasteiger partial charge in [-0.2, -0.15) is 11.8 Å². The van der Waals surface area contributed by atoms with Gasteiger partial charge in [-0.3, -0.25) is 9.78 Å². The van der Waals surface area contributed by atoms with Crippen molar-refractivity contribution >= 4 is 40.6 Å². The van der Waals surface area contributed by atoms with E-state index in [0.29, 0.717) is 17.5 Å². The number of aromatic nitrogens is 1. The number of ketones is 1. The summed E-state index contributed by atoms with van der Waals surface area (Å²) >= 11 is 5.37. The first kappa shape index (κ1) is 12.5. The monoisotopic (exact) mass is 273 g/mol. The maximum Gasteiger partial charge on any atom is 0.152 e. The SMILES string of the molecule is CCC1SCCSC1C(=O)Cc1cncs1. The molecule has 2 nitrogen and oxygen atoms in total. The minimum atomic E-state index is 0.200. The van der Waals surface area contributed by atoms with Crippen LogP contribution in [0.25, 0.3) is 0 Å². The fourth-order valence-corrected chi connectivity index (χ4v) is 5.44. The van der Waals surface area contributed by atoms with E-state index in [0.717, 1.165) is 17.1 Å². The van der Waals surface area contributed by atoms with Crippen LogP contribution in [0.1, 0.15) is 18.2 Å². The summed E-state index contributed by atoms with van der Waals surface area (Å²) in [6, 6.07) is 0. The molecule has 0 aromatic carbocycles. The van der Waals surface area contributed by atoms with Gasteiger partial charge in [0.15, 0.2) is 5.78 Å². The summed E-state index contributed by atoms with van der Waals surface area (Å²) in [5, 5.41) is 0.713. The van der Waals surface area contributed by atoms with Crippen LogP contribution in [0, 0.1) is 0 Å². The molecule has 1 fully saturated rings. The molecule has 0 saturated carbocycles. The van der Waals surface area contributed by atoms with Crippen LogP contribution < -0.4 is 0 Å². The Morgan fingerprint density at radius 2 is 2.31 bits per heavy atom. The van der Waals surface area contributed by atoms with E-state index in [9.17, 15) is 4.79 Å². The van der Waals surface area contributed by atoms with E-state index in [1.54, 1.807) is 16.8 Å². The second-order valence-corrected chi connectivity index (χ2v) is 7.29. The molecule has 1 aromatic rings. The summed E-state index contributed by atoms with van der Waals surface area (Å²) in [7, 11) is 0. The molecule has 0 aliphatic carbocycles. The molecule has 2 atom stereocenters. The molecule has 0 spiro atoms. The molecule has 88 valence electrons. The third-order valence-electron chi connectivity index (χ3n) is 2.60. The Bertz CT molecular complexity index is 339. The Balaban J connectivity index is 1.97. The van der Waals surface area contributed by atoms with Crippen molar-refractivity contribution in [1.82, 2.24) is 4.98 Å². The molecule has 1 aromatic heterocycles. The first-order valence-corrected chi connectivity index (χ1v) is 8.42. The maximum atomic E-state index is 12.2. The Labute approximate surface area is 109 Å². The molecule has 0 amide bonds. The van der Waals surface area contributed by atoms with Gasteiger partial charge in [-0.05, 0) is 6.42 Å². The number of thiazole rings is 1. The molecule has 2 heterocycles. The first-order valence-electron chi connectivity index (χ1n) is 5.44. The van der Waals surface area contributed by atoms with Gasteiger partial charge in [0.1, 0.15) is 0 Å². The van der Waals surface area contributed by atoms with E-state index in [4.69, 9.17) is 0 Å². The number of rotatable bonds is 4. The first-order chi connectivity index (χ1) is 7.81. The molecular formula is C11H15NOS3. The molecule has 1 aliphatic rings. The van der Waals surface area contributed by atoms with E-state index in [-0.39, 0.29) is 5.25 Å². The number of carbonyl (C=O) groups is 1. The lowest BCUT2D eigenvalue weighted by Gasteiger charge is -2.28. The summed E-state index contributed by atoms with van der Waals surface area (Å²) in [5.41, 5.74) is 1.79. The average Bonchev–Trinajstić information content (AvgIpc) is 2.81. The van der Waals surface area contributed by atoms with E-state index in [1.165, 1.54) is 5.75 Å². The van der Waals surface area contributed by atoms with Crippen LogP contribution in [0.4, 0.5) is 0 Å². The van der Waals surface area contributed by atoms with Crippen LogP contribution in [0.2, 0.25) is 0 Å². The van der Waals surface area contributed by atoms with Crippen molar-refractivity contribution in [1.29, 1.82) is 0 Å². The number of hydrogen-bond acceptors (Lipinski definition) is 5. The Morgan fingerprint density at radius 1 is 1.50 bits per heavy atom. The van der Waals surface area contributed by atoms with Crippen molar-refractivity contribution < 1.29 is 4.79 Å². The molecule has 0 bridgehead atoms. The minimum absolute atomic E-state index is 0.200. The van der Waals surface area contributed by atoms with Gasteiger partial charge in [-0.15, -0.1) is 23.1 Å². The highest BCUT2D eigenvalue weighted by Gasteiger charge is 2.30. The molecule has 0 N–H and O–H groups in total. The van der Waals surface area contributed by atoms with Crippen molar-refractivity contribution in [3.63, 3.8) is 0 Å². The molecule has 5 heteroatoms. The van der Waals surface area contributed by atoms with Crippen molar-refractivity contribution in [2.24, 2.45) is 0 Å². The maximum absolute atomic E-state index is 12.2. The molecule has 0 radical (unpaired) electrons. The number of carbonyl (C=O) groups excluding carboxylic acids is 1. The predicted octanol–water partition coefficient (Wildman–Crippen LogP) is 2.88. The summed E-state index contributed by atoms with van der Waals surface area (Å²) < 4.78 is 0. The van der Waals surface area contributed by atoms with Crippen LogP contribution in [0.3, 0.4) is 0 Å². The van der Waals surface area contributed by atoms with Crippen LogP contribution in [0.5, 0.6) is 0 Å². The van der Waals surface area contributed by atoms with Crippen molar-refractivity contribution in [2.75, 3.05) is 11.5 Å². The number of thioether (sulfide) groups is 2. The zero-order valence-corrected chi connectivity index (χ0v) is 11.7. The van der Waals surface area contributed by atoms with Gasteiger partial charge in [-0.25, -0.2) is 0 Å². The number of hydrogen-bond donors (Lipinski definition) is 0. The lowest BCUT2D eigenvalue weighted by Crippen LogP contribution is -2.33. The zero-order chi connectivity index (χ0) is 11.4. The molecular weight excluding hydrogens is 258 g/mol. The standard InChI is InChI=1S/C11H15NOS3/c1-2-10-11(15-4-3-14-10)9(13)5-8-6-12-7-16-8/h6-7,10-11H,2-5H2,1H3. The van der Waals surface area contributed by atoms with E-state index in [1.807, 2.05) is 29.7 Å². The summed E-state index contributed by atoms with van der Waals surface area (Å²) in [6.45, 7) is 2.18. The quantitative estimate of drug-likeness (QED) is 0.844. The molecule has 1 aliphatic heterocycles. The third-order valence-corrected chi connectivity index (χ3v) is 6.68. The van der Waals surface area contributed by atoms with Crippen molar-refractivity contribution in [2.45, 2.75) is 30.3 Å². The van der Waals surface area contributed by atoms with Gasteiger partial charge in [-0.1, -0.05) is 6.92 Å². The number of nitrogens with zero attached hydrogens (tertiary/aromatic N) is 1. The second-order valence-electron chi connectivity index (χ2n) is 3.72. The van der Waals surface area contributed by atoms with Gasteiger partial charge in [0, 0.05) is 34.3 Å². The highest BCUT2D eigenvalue weighted by Crippen LogP contribution is 2.34. The van der Waals surface area contributed by atoms with Gasteiger partial charge >= 0.3 is 0 Å². The molecule has 2 unspecified atom stereocenters. The van der Waals surface area contributed by atoms with Crippen molar-refractivity contribution in [3.8, 4) is 0 Å². The lowest BCUT2D eigenvalue weighted by molar-refractivity contribution is -0.117. The highest BCUT2D eigenvalue weighted by molar-refractivity contribution is 8.07. The van der Waals surface area contributed by atoms with Crippen LogP contribution >= 0.6 is 34.9 Å². The molecule has 1 saturated heterocycles. The third kappa shape index (κ3) is 3.02. The van der Waals surface area contributed by atoms with Crippen LogP contribution in [-0.2, 0) is 11.2 Å². The zero-order valence-electron chi connectivity index (χ0n) is 9.22.